The molecule has 0 aromatic heterocycles. The molecule has 2 heteroatoms. The van der Waals surface area contributed by atoms with Gasteiger partial charge < -0.3 is 4.90 Å². The van der Waals surface area contributed by atoms with Crippen LogP contribution in [0, 0.1) is 0 Å². The maximum Gasteiger partial charge on any atom is 0.0113 e. The van der Waals surface area contributed by atoms with Crippen molar-refractivity contribution in [2.24, 2.45) is 0 Å². The van der Waals surface area contributed by atoms with Crippen molar-refractivity contribution >= 4 is 0 Å². The molecule has 0 aromatic carbocycles. The molecule has 2 nitrogen and oxygen atoms in total. The monoisotopic (exact) mass is 212 g/mol. The largest absolute Gasteiger partial charge is 0.301 e. The first kappa shape index (κ1) is 13.0. The third-order valence-corrected chi connectivity index (χ3v) is 3.70. The molecule has 0 amide bonds. The summed E-state index contributed by atoms with van der Waals surface area (Å²) in [4.78, 5) is 5.28. The van der Waals surface area contributed by atoms with Gasteiger partial charge in [0.05, 0.1) is 0 Å². The minimum absolute atomic E-state index is 0.944. The van der Waals surface area contributed by atoms with E-state index in [1.807, 2.05) is 13.8 Å². The van der Waals surface area contributed by atoms with Gasteiger partial charge in [0.15, 0.2) is 0 Å². The lowest BCUT2D eigenvalue weighted by Gasteiger charge is -2.37. The summed E-state index contributed by atoms with van der Waals surface area (Å²) < 4.78 is 0. The molecule has 0 spiro atoms. The fraction of sp³-hybridized carbons (Fsp3) is 1.00. The van der Waals surface area contributed by atoms with E-state index in [1.54, 1.807) is 0 Å². The summed E-state index contributed by atoms with van der Waals surface area (Å²) in [7, 11) is 0. The minimum Gasteiger partial charge on any atom is -0.301 e. The summed E-state index contributed by atoms with van der Waals surface area (Å²) in [5.41, 5.74) is 0. The third-order valence-electron chi connectivity index (χ3n) is 3.70. The zero-order valence-corrected chi connectivity index (χ0v) is 10.8. The normalized spacial score (nSPS) is 25.0. The van der Waals surface area contributed by atoms with E-state index >= 15 is 0 Å². The molecule has 0 radical (unpaired) electrons. The van der Waals surface area contributed by atoms with Crippen molar-refractivity contribution in [3.8, 4) is 0 Å². The van der Waals surface area contributed by atoms with Crippen molar-refractivity contribution in [2.45, 2.75) is 52.5 Å². The van der Waals surface area contributed by atoms with Gasteiger partial charge in [-0.25, -0.2) is 0 Å². The fourth-order valence-corrected chi connectivity index (χ4v) is 2.71. The molecular formula is C13H28N2. The van der Waals surface area contributed by atoms with Gasteiger partial charge in [0.2, 0.25) is 0 Å². The summed E-state index contributed by atoms with van der Waals surface area (Å²) in [6, 6.07) is 0.944. The van der Waals surface area contributed by atoms with Crippen LogP contribution in [-0.4, -0.2) is 48.6 Å². The van der Waals surface area contributed by atoms with Crippen LogP contribution in [0.2, 0.25) is 0 Å². The highest BCUT2D eigenvalue weighted by Gasteiger charge is 2.25. The van der Waals surface area contributed by atoms with Gasteiger partial charge in [-0.05, 0) is 19.4 Å². The molecule has 2 fully saturated rings. The first-order chi connectivity index (χ1) is 7.40. The zero-order chi connectivity index (χ0) is 11.1. The standard InChI is InChI=1S/C11H22N2.C2H6/c1-2-12-7-9-13(10-8-12)11-5-3-4-6-11;1-2/h11H,2-10H2,1H3;1-2H3. The van der Waals surface area contributed by atoms with E-state index in [1.165, 1.54) is 58.4 Å². The van der Waals surface area contributed by atoms with Crippen molar-refractivity contribution in [3.63, 3.8) is 0 Å². The van der Waals surface area contributed by atoms with Gasteiger partial charge in [0, 0.05) is 32.2 Å². The predicted octanol–water partition coefficient (Wildman–Crippen LogP) is 2.59. The second kappa shape index (κ2) is 7.24. The van der Waals surface area contributed by atoms with Crippen LogP contribution in [0.4, 0.5) is 0 Å². The van der Waals surface area contributed by atoms with Gasteiger partial charge in [-0.1, -0.05) is 33.6 Å². The Morgan fingerprint density at radius 2 is 1.47 bits per heavy atom. The van der Waals surface area contributed by atoms with Crippen molar-refractivity contribution in [1.29, 1.82) is 0 Å². The summed E-state index contributed by atoms with van der Waals surface area (Å²) in [5, 5.41) is 0. The zero-order valence-electron chi connectivity index (χ0n) is 10.8. The summed E-state index contributed by atoms with van der Waals surface area (Å²) in [5.74, 6) is 0. The number of nitrogens with zero attached hydrogens (tertiary/aromatic N) is 2. The van der Waals surface area contributed by atoms with Crippen molar-refractivity contribution < 1.29 is 0 Å². The molecule has 0 bridgehead atoms. The van der Waals surface area contributed by atoms with E-state index in [2.05, 4.69) is 16.7 Å². The highest BCUT2D eigenvalue weighted by Crippen LogP contribution is 2.24. The highest BCUT2D eigenvalue weighted by molar-refractivity contribution is 4.81. The Hall–Kier alpha value is -0.0800. The van der Waals surface area contributed by atoms with Crippen LogP contribution in [-0.2, 0) is 0 Å². The van der Waals surface area contributed by atoms with Gasteiger partial charge >= 0.3 is 0 Å². The first-order valence-electron chi connectivity index (χ1n) is 6.86. The van der Waals surface area contributed by atoms with E-state index < -0.39 is 0 Å². The number of hydrogen-bond donors (Lipinski definition) is 0. The number of likely N-dealkylation sites (N-methyl/N-ethyl adjacent to an activating group) is 1. The van der Waals surface area contributed by atoms with Gasteiger partial charge in [-0.3, -0.25) is 4.90 Å². The Labute approximate surface area is 95.6 Å². The first-order valence-corrected chi connectivity index (χ1v) is 6.86. The Balaban J connectivity index is 0.000000531. The molecule has 0 N–H and O–H groups in total. The maximum absolute atomic E-state index is 2.72. The van der Waals surface area contributed by atoms with E-state index in [0.717, 1.165) is 6.04 Å². The van der Waals surface area contributed by atoms with Crippen LogP contribution in [0.3, 0.4) is 0 Å². The second-order valence-electron chi connectivity index (χ2n) is 4.41. The van der Waals surface area contributed by atoms with E-state index in [9.17, 15) is 0 Å². The van der Waals surface area contributed by atoms with Gasteiger partial charge in [0.25, 0.3) is 0 Å². The van der Waals surface area contributed by atoms with Crippen molar-refractivity contribution in [3.05, 3.63) is 0 Å². The van der Waals surface area contributed by atoms with Crippen LogP contribution >= 0.6 is 0 Å². The molecule has 90 valence electrons. The Kier molecular flexibility index (Phi) is 6.26. The Morgan fingerprint density at radius 1 is 0.933 bits per heavy atom. The summed E-state index contributed by atoms with van der Waals surface area (Å²) in [6.45, 7) is 12.7. The molecule has 2 rings (SSSR count). The van der Waals surface area contributed by atoms with Crippen molar-refractivity contribution in [1.82, 2.24) is 9.80 Å². The van der Waals surface area contributed by atoms with Crippen molar-refractivity contribution in [2.75, 3.05) is 32.7 Å². The Bertz CT molecular complexity index is 145. The van der Waals surface area contributed by atoms with Crippen LogP contribution in [0.15, 0.2) is 0 Å². The second-order valence-corrected chi connectivity index (χ2v) is 4.41. The highest BCUT2D eigenvalue weighted by atomic mass is 15.3. The van der Waals surface area contributed by atoms with Gasteiger partial charge in [0.1, 0.15) is 0 Å². The van der Waals surface area contributed by atoms with Crippen LogP contribution in [0.1, 0.15) is 46.5 Å². The average molecular weight is 212 g/mol. The van der Waals surface area contributed by atoms with Crippen LogP contribution in [0.25, 0.3) is 0 Å². The summed E-state index contributed by atoms with van der Waals surface area (Å²) in [6.07, 6.45) is 5.87. The molecule has 1 saturated carbocycles. The molecule has 1 heterocycles. The molecule has 2 aliphatic rings. The minimum atomic E-state index is 0.944. The van der Waals surface area contributed by atoms with Gasteiger partial charge in [-0.2, -0.15) is 0 Å². The smallest absolute Gasteiger partial charge is 0.0113 e. The number of hydrogen-bond acceptors (Lipinski definition) is 2. The van der Waals surface area contributed by atoms with Crippen LogP contribution in [0.5, 0.6) is 0 Å². The molecule has 1 aliphatic heterocycles. The lowest BCUT2D eigenvalue weighted by Crippen LogP contribution is -2.49. The molecular weight excluding hydrogens is 184 g/mol. The molecule has 0 unspecified atom stereocenters. The fourth-order valence-electron chi connectivity index (χ4n) is 2.71. The summed E-state index contributed by atoms with van der Waals surface area (Å²) >= 11 is 0. The molecule has 1 saturated heterocycles. The van der Waals surface area contributed by atoms with Crippen LogP contribution < -0.4 is 0 Å². The lowest BCUT2D eigenvalue weighted by molar-refractivity contribution is 0.101. The average Bonchev–Trinajstić information content (AvgIpc) is 2.85. The molecule has 0 atom stereocenters. The molecule has 1 aliphatic carbocycles. The molecule has 0 aromatic rings. The topological polar surface area (TPSA) is 6.48 Å². The molecule has 15 heavy (non-hydrogen) atoms. The maximum atomic E-state index is 2.72. The predicted molar refractivity (Wildman–Crippen MR) is 67.3 cm³/mol. The van der Waals surface area contributed by atoms with E-state index in [0.29, 0.717) is 0 Å². The SMILES string of the molecule is CC.CCN1CCN(C2CCCC2)CC1. The lowest BCUT2D eigenvalue weighted by atomic mass is 10.2. The Morgan fingerprint density at radius 3 is 1.93 bits per heavy atom. The quantitative estimate of drug-likeness (QED) is 0.694. The third kappa shape index (κ3) is 3.76. The number of rotatable bonds is 2. The van der Waals surface area contributed by atoms with E-state index in [-0.39, 0.29) is 0 Å². The van der Waals surface area contributed by atoms with Gasteiger partial charge in [-0.15, -0.1) is 0 Å². The number of piperazine rings is 1. The van der Waals surface area contributed by atoms with E-state index in [4.69, 9.17) is 0 Å².